The Bertz CT molecular complexity index is 1100. The quantitative estimate of drug-likeness (QED) is 0.496. The second-order valence-corrected chi connectivity index (χ2v) is 6.98. The molecule has 0 saturated carbocycles. The molecule has 0 radical (unpaired) electrons. The zero-order valence-electron chi connectivity index (χ0n) is 14.2. The number of rotatable bonds is 4. The van der Waals surface area contributed by atoms with Gasteiger partial charge in [-0.3, -0.25) is 9.20 Å². The van der Waals surface area contributed by atoms with Crippen LogP contribution in [0.15, 0.2) is 72.9 Å². The molecule has 6 heteroatoms. The number of imidazole rings is 1. The minimum absolute atomic E-state index is 0.292. The number of amides is 1. The second kappa shape index (κ2) is 7.43. The van der Waals surface area contributed by atoms with Crippen LogP contribution in [0.25, 0.3) is 5.65 Å². The van der Waals surface area contributed by atoms with Crippen molar-refractivity contribution < 1.29 is 4.79 Å². The van der Waals surface area contributed by atoms with Gasteiger partial charge in [0.25, 0.3) is 5.91 Å². The highest BCUT2D eigenvalue weighted by molar-refractivity contribution is 6.35. The lowest BCUT2D eigenvalue weighted by molar-refractivity contribution is 0.102. The normalized spacial score (nSPS) is 10.9. The number of nitrogens with one attached hydrogen (secondary N) is 1. The largest absolute Gasteiger partial charge is 0.306 e. The van der Waals surface area contributed by atoms with Gasteiger partial charge in [-0.15, -0.1) is 0 Å². The molecule has 134 valence electrons. The third-order valence-corrected chi connectivity index (χ3v) is 4.61. The smallest absolute Gasteiger partial charge is 0.256 e. The predicted octanol–water partition coefficient (Wildman–Crippen LogP) is 5.48. The fraction of sp³-hybridized carbons (Fsp3) is 0.0476. The summed E-state index contributed by atoms with van der Waals surface area (Å²) in [5.41, 5.74) is 3.06. The van der Waals surface area contributed by atoms with Crippen molar-refractivity contribution in [3.63, 3.8) is 0 Å². The van der Waals surface area contributed by atoms with Gasteiger partial charge in [-0.2, -0.15) is 0 Å². The topological polar surface area (TPSA) is 46.4 Å². The van der Waals surface area contributed by atoms with E-state index in [1.165, 1.54) is 0 Å². The van der Waals surface area contributed by atoms with Crippen LogP contribution in [0.3, 0.4) is 0 Å². The van der Waals surface area contributed by atoms with Crippen molar-refractivity contribution in [3.8, 4) is 0 Å². The molecule has 2 heterocycles. The second-order valence-electron chi connectivity index (χ2n) is 6.11. The Labute approximate surface area is 166 Å². The van der Waals surface area contributed by atoms with E-state index in [1.54, 1.807) is 18.2 Å². The number of nitrogens with zero attached hydrogens (tertiary/aromatic N) is 2. The first-order chi connectivity index (χ1) is 13.1. The molecule has 0 aliphatic rings. The van der Waals surface area contributed by atoms with Crippen LogP contribution < -0.4 is 5.32 Å². The molecule has 0 atom stereocenters. The highest BCUT2D eigenvalue weighted by Crippen LogP contribution is 2.24. The first kappa shape index (κ1) is 17.6. The third-order valence-electron chi connectivity index (χ3n) is 4.17. The number of aromatic nitrogens is 2. The molecule has 4 aromatic rings. The molecule has 4 rings (SSSR count). The number of hydrogen-bond acceptors (Lipinski definition) is 2. The molecular weight excluding hydrogens is 381 g/mol. The molecule has 0 saturated heterocycles. The molecule has 0 spiro atoms. The summed E-state index contributed by atoms with van der Waals surface area (Å²) in [6.45, 7) is 0. The summed E-state index contributed by atoms with van der Waals surface area (Å²) in [7, 11) is 0. The van der Waals surface area contributed by atoms with E-state index in [-0.39, 0.29) is 5.91 Å². The van der Waals surface area contributed by atoms with Crippen molar-refractivity contribution >= 4 is 40.6 Å². The van der Waals surface area contributed by atoms with Crippen LogP contribution in [0, 0.1) is 0 Å². The van der Waals surface area contributed by atoms with Crippen LogP contribution in [0.1, 0.15) is 21.6 Å². The Morgan fingerprint density at radius 1 is 0.963 bits per heavy atom. The fourth-order valence-electron chi connectivity index (χ4n) is 2.95. The van der Waals surface area contributed by atoms with E-state index in [4.69, 9.17) is 23.2 Å². The van der Waals surface area contributed by atoms with Gasteiger partial charge in [-0.05, 0) is 35.9 Å². The lowest BCUT2D eigenvalue weighted by Crippen LogP contribution is -2.15. The fourth-order valence-corrected chi connectivity index (χ4v) is 3.48. The molecular formula is C21H15Cl2N3O. The standard InChI is InChI=1S/C21H15Cl2N3O/c22-16-11-15(12-17(23)13-16)21(27)25-20-18(10-14-6-2-1-3-7-14)24-19-8-4-5-9-26(19)20/h1-9,11-13H,10H2,(H,25,27). The lowest BCUT2D eigenvalue weighted by Gasteiger charge is -2.09. The summed E-state index contributed by atoms with van der Waals surface area (Å²) >= 11 is 12.1. The average molecular weight is 396 g/mol. The maximum Gasteiger partial charge on any atom is 0.256 e. The van der Waals surface area contributed by atoms with Crippen LogP contribution in [0.2, 0.25) is 10.0 Å². The number of pyridine rings is 1. The van der Waals surface area contributed by atoms with E-state index >= 15 is 0 Å². The monoisotopic (exact) mass is 395 g/mol. The molecule has 1 N–H and O–H groups in total. The number of carbonyl (C=O) groups excluding carboxylic acids is 1. The summed E-state index contributed by atoms with van der Waals surface area (Å²) in [4.78, 5) is 17.5. The van der Waals surface area contributed by atoms with Gasteiger partial charge in [0, 0.05) is 28.2 Å². The minimum atomic E-state index is -0.292. The van der Waals surface area contributed by atoms with Gasteiger partial charge in [-0.1, -0.05) is 59.6 Å². The van der Waals surface area contributed by atoms with Crippen LogP contribution >= 0.6 is 23.2 Å². The van der Waals surface area contributed by atoms with Gasteiger partial charge in [-0.25, -0.2) is 4.98 Å². The predicted molar refractivity (Wildman–Crippen MR) is 109 cm³/mol. The molecule has 27 heavy (non-hydrogen) atoms. The van der Waals surface area contributed by atoms with Crippen LogP contribution in [0.4, 0.5) is 5.82 Å². The molecule has 2 aromatic carbocycles. The number of hydrogen-bond donors (Lipinski definition) is 1. The van der Waals surface area contributed by atoms with Gasteiger partial charge in [0.1, 0.15) is 11.5 Å². The Hall–Kier alpha value is -2.82. The molecule has 0 aliphatic heterocycles. The number of benzene rings is 2. The Morgan fingerprint density at radius 2 is 1.67 bits per heavy atom. The zero-order chi connectivity index (χ0) is 18.8. The van der Waals surface area contributed by atoms with Gasteiger partial charge >= 0.3 is 0 Å². The van der Waals surface area contributed by atoms with Gasteiger partial charge in [0.05, 0.1) is 5.69 Å². The van der Waals surface area contributed by atoms with Crippen LogP contribution in [-0.4, -0.2) is 15.3 Å². The molecule has 0 fully saturated rings. The first-order valence-electron chi connectivity index (χ1n) is 8.37. The van der Waals surface area contributed by atoms with E-state index in [0.29, 0.717) is 27.8 Å². The van der Waals surface area contributed by atoms with E-state index in [1.807, 2.05) is 59.1 Å². The van der Waals surface area contributed by atoms with E-state index in [0.717, 1.165) is 16.9 Å². The van der Waals surface area contributed by atoms with Gasteiger partial charge in [0.15, 0.2) is 0 Å². The summed E-state index contributed by atoms with van der Waals surface area (Å²) in [5.74, 6) is 0.343. The maximum atomic E-state index is 12.8. The summed E-state index contributed by atoms with van der Waals surface area (Å²) in [6, 6.07) is 20.5. The van der Waals surface area contributed by atoms with Crippen LogP contribution in [-0.2, 0) is 6.42 Å². The molecule has 0 aliphatic carbocycles. The van der Waals surface area contributed by atoms with E-state index in [2.05, 4.69) is 10.3 Å². The summed E-state index contributed by atoms with van der Waals surface area (Å²) in [6.07, 6.45) is 2.48. The van der Waals surface area contributed by atoms with Crippen molar-refractivity contribution in [2.24, 2.45) is 0 Å². The highest BCUT2D eigenvalue weighted by atomic mass is 35.5. The third kappa shape index (κ3) is 3.82. The number of halogens is 2. The molecule has 0 unspecified atom stereocenters. The van der Waals surface area contributed by atoms with Gasteiger partial charge in [0.2, 0.25) is 0 Å². The van der Waals surface area contributed by atoms with Crippen molar-refractivity contribution in [2.45, 2.75) is 6.42 Å². The summed E-state index contributed by atoms with van der Waals surface area (Å²) < 4.78 is 1.86. The number of carbonyl (C=O) groups is 1. The van der Waals surface area contributed by atoms with Crippen molar-refractivity contribution in [2.75, 3.05) is 5.32 Å². The average Bonchev–Trinajstić information content (AvgIpc) is 2.99. The Balaban J connectivity index is 1.73. The molecule has 1 amide bonds. The summed E-state index contributed by atoms with van der Waals surface area (Å²) in [5, 5.41) is 3.79. The van der Waals surface area contributed by atoms with E-state index in [9.17, 15) is 4.79 Å². The number of anilines is 1. The lowest BCUT2D eigenvalue weighted by atomic mass is 10.1. The SMILES string of the molecule is O=C(Nc1c(Cc2ccccc2)nc2ccccn12)c1cc(Cl)cc(Cl)c1. The molecule has 0 bridgehead atoms. The van der Waals surface area contributed by atoms with E-state index < -0.39 is 0 Å². The minimum Gasteiger partial charge on any atom is -0.306 e. The first-order valence-corrected chi connectivity index (χ1v) is 9.13. The van der Waals surface area contributed by atoms with Crippen LogP contribution in [0.5, 0.6) is 0 Å². The molecule has 2 aromatic heterocycles. The maximum absolute atomic E-state index is 12.8. The highest BCUT2D eigenvalue weighted by Gasteiger charge is 2.16. The van der Waals surface area contributed by atoms with Crippen molar-refractivity contribution in [1.29, 1.82) is 0 Å². The van der Waals surface area contributed by atoms with Gasteiger partial charge < -0.3 is 5.32 Å². The Morgan fingerprint density at radius 3 is 2.41 bits per heavy atom. The number of fused-ring (bicyclic) bond motifs is 1. The van der Waals surface area contributed by atoms with Crippen molar-refractivity contribution in [3.05, 3.63) is 99.8 Å². The molecule has 4 nitrogen and oxygen atoms in total. The zero-order valence-corrected chi connectivity index (χ0v) is 15.7. The van der Waals surface area contributed by atoms with Crippen molar-refractivity contribution in [1.82, 2.24) is 9.38 Å². The Kier molecular flexibility index (Phi) is 4.84.